The van der Waals surface area contributed by atoms with Gasteiger partial charge >= 0.3 is 0 Å². The van der Waals surface area contributed by atoms with Crippen molar-refractivity contribution in [2.45, 2.75) is 0 Å². The van der Waals surface area contributed by atoms with Gasteiger partial charge in [-0.25, -0.2) is 0 Å². The second-order valence-corrected chi connectivity index (χ2v) is 3.65. The standard InChI is InChI=1S/C15H11Cl/c16-12-4-5-13-8-10-15(11-9-13)14-6-2-1-3-7-14/h1-3,6-11H,12H2. The molecule has 2 aromatic carbocycles. The van der Waals surface area contributed by atoms with Crippen LogP contribution in [-0.4, -0.2) is 5.88 Å². The van der Waals surface area contributed by atoms with E-state index in [0.717, 1.165) is 5.56 Å². The molecule has 0 aliphatic heterocycles. The highest BCUT2D eigenvalue weighted by Gasteiger charge is 1.95. The summed E-state index contributed by atoms with van der Waals surface area (Å²) in [5, 5.41) is 0. The Hall–Kier alpha value is -1.71. The molecule has 78 valence electrons. The third-order valence-electron chi connectivity index (χ3n) is 2.29. The summed E-state index contributed by atoms with van der Waals surface area (Å²) in [7, 11) is 0. The van der Waals surface area contributed by atoms with Crippen LogP contribution in [0.1, 0.15) is 5.56 Å². The molecule has 0 unspecified atom stereocenters. The summed E-state index contributed by atoms with van der Waals surface area (Å²) < 4.78 is 0. The second kappa shape index (κ2) is 5.39. The van der Waals surface area contributed by atoms with Gasteiger partial charge in [0.25, 0.3) is 0 Å². The Kier molecular flexibility index (Phi) is 3.64. The fourth-order valence-corrected chi connectivity index (χ4v) is 1.58. The van der Waals surface area contributed by atoms with Gasteiger partial charge in [0.1, 0.15) is 0 Å². The van der Waals surface area contributed by atoms with E-state index in [4.69, 9.17) is 11.6 Å². The van der Waals surface area contributed by atoms with Crippen molar-refractivity contribution in [3.63, 3.8) is 0 Å². The van der Waals surface area contributed by atoms with E-state index in [1.807, 2.05) is 30.3 Å². The van der Waals surface area contributed by atoms with E-state index in [1.54, 1.807) is 0 Å². The molecule has 0 heterocycles. The van der Waals surface area contributed by atoms with Gasteiger partial charge in [-0.3, -0.25) is 0 Å². The first-order valence-corrected chi connectivity index (χ1v) is 5.64. The first-order valence-electron chi connectivity index (χ1n) is 5.10. The zero-order valence-electron chi connectivity index (χ0n) is 8.78. The summed E-state index contributed by atoms with van der Waals surface area (Å²) in [5.41, 5.74) is 3.43. The molecule has 1 heteroatoms. The van der Waals surface area contributed by atoms with Crippen molar-refractivity contribution < 1.29 is 0 Å². The number of hydrogen-bond donors (Lipinski definition) is 0. The Labute approximate surface area is 101 Å². The van der Waals surface area contributed by atoms with Crippen molar-refractivity contribution in [2.75, 3.05) is 5.88 Å². The number of alkyl halides is 1. The molecule has 0 N–H and O–H groups in total. The molecule has 0 amide bonds. The van der Waals surface area contributed by atoms with E-state index >= 15 is 0 Å². The predicted octanol–water partition coefficient (Wildman–Crippen LogP) is 3.94. The van der Waals surface area contributed by atoms with Gasteiger partial charge in [-0.2, -0.15) is 0 Å². The number of benzene rings is 2. The normalized spacial score (nSPS) is 9.31. The van der Waals surface area contributed by atoms with Gasteiger partial charge in [-0.1, -0.05) is 54.3 Å². The lowest BCUT2D eigenvalue weighted by Gasteiger charge is -2.00. The molecule has 0 nitrogen and oxygen atoms in total. The highest BCUT2D eigenvalue weighted by Crippen LogP contribution is 2.18. The van der Waals surface area contributed by atoms with E-state index in [9.17, 15) is 0 Å². The largest absolute Gasteiger partial charge is 0.113 e. The lowest BCUT2D eigenvalue weighted by atomic mass is 10.0. The lowest BCUT2D eigenvalue weighted by Crippen LogP contribution is -1.78. The summed E-state index contributed by atoms with van der Waals surface area (Å²) in [6.07, 6.45) is 0. The van der Waals surface area contributed by atoms with Crippen molar-refractivity contribution in [2.24, 2.45) is 0 Å². The fourth-order valence-electron chi connectivity index (χ4n) is 1.51. The minimum atomic E-state index is 0.375. The first-order chi connectivity index (χ1) is 7.90. The topological polar surface area (TPSA) is 0 Å². The van der Waals surface area contributed by atoms with Crippen LogP contribution in [-0.2, 0) is 0 Å². The van der Waals surface area contributed by atoms with Crippen LogP contribution >= 0.6 is 11.6 Å². The predicted molar refractivity (Wildman–Crippen MR) is 69.5 cm³/mol. The molecule has 0 spiro atoms. The van der Waals surface area contributed by atoms with Crippen molar-refractivity contribution in [1.29, 1.82) is 0 Å². The molecule has 0 saturated heterocycles. The van der Waals surface area contributed by atoms with Crippen LogP contribution in [0.3, 0.4) is 0 Å². The minimum Gasteiger partial charge on any atom is -0.113 e. The maximum atomic E-state index is 5.50. The van der Waals surface area contributed by atoms with Crippen molar-refractivity contribution in [3.05, 3.63) is 60.2 Å². The van der Waals surface area contributed by atoms with E-state index < -0.39 is 0 Å². The monoisotopic (exact) mass is 226 g/mol. The maximum absolute atomic E-state index is 5.50. The molecule has 0 aliphatic carbocycles. The quantitative estimate of drug-likeness (QED) is 0.510. The summed E-state index contributed by atoms with van der Waals surface area (Å²) in [6.45, 7) is 0. The Balaban J connectivity index is 2.26. The molecule has 16 heavy (non-hydrogen) atoms. The van der Waals surface area contributed by atoms with E-state index in [1.165, 1.54) is 11.1 Å². The molecule has 0 radical (unpaired) electrons. The maximum Gasteiger partial charge on any atom is 0.0839 e. The Bertz CT molecular complexity index is 501. The zero-order valence-corrected chi connectivity index (χ0v) is 9.54. The van der Waals surface area contributed by atoms with Crippen LogP contribution in [0.15, 0.2) is 54.6 Å². The highest BCUT2D eigenvalue weighted by molar-refractivity contribution is 6.19. The Morgan fingerprint density at radius 2 is 1.44 bits per heavy atom. The molecule has 0 aliphatic rings. The van der Waals surface area contributed by atoms with Crippen molar-refractivity contribution in [3.8, 4) is 23.0 Å². The lowest BCUT2D eigenvalue weighted by molar-refractivity contribution is 1.59. The third-order valence-corrected chi connectivity index (χ3v) is 2.43. The Morgan fingerprint density at radius 1 is 0.812 bits per heavy atom. The average Bonchev–Trinajstić information content (AvgIpc) is 2.38. The Morgan fingerprint density at radius 3 is 2.06 bits per heavy atom. The van der Waals surface area contributed by atoms with Gasteiger partial charge in [-0.15, -0.1) is 11.6 Å². The molecule has 0 atom stereocenters. The van der Waals surface area contributed by atoms with Gasteiger partial charge in [-0.05, 0) is 23.3 Å². The molecule has 0 fully saturated rings. The number of hydrogen-bond acceptors (Lipinski definition) is 0. The number of rotatable bonds is 1. The van der Waals surface area contributed by atoms with Crippen LogP contribution in [0.2, 0.25) is 0 Å². The average molecular weight is 227 g/mol. The second-order valence-electron chi connectivity index (χ2n) is 3.38. The van der Waals surface area contributed by atoms with Gasteiger partial charge < -0.3 is 0 Å². The van der Waals surface area contributed by atoms with Crippen molar-refractivity contribution in [1.82, 2.24) is 0 Å². The zero-order chi connectivity index (χ0) is 11.2. The van der Waals surface area contributed by atoms with Gasteiger partial charge in [0, 0.05) is 5.56 Å². The molecule has 0 bridgehead atoms. The van der Waals surface area contributed by atoms with Crippen LogP contribution in [0, 0.1) is 11.8 Å². The van der Waals surface area contributed by atoms with Crippen molar-refractivity contribution >= 4 is 11.6 Å². The number of halogens is 1. The summed E-state index contributed by atoms with van der Waals surface area (Å²) in [5.74, 6) is 6.21. The van der Waals surface area contributed by atoms with Crippen LogP contribution in [0.5, 0.6) is 0 Å². The van der Waals surface area contributed by atoms with E-state index in [-0.39, 0.29) is 0 Å². The van der Waals surface area contributed by atoms with Crippen LogP contribution in [0.25, 0.3) is 11.1 Å². The molecule has 2 aromatic rings. The SMILES string of the molecule is ClCC#Cc1ccc(-c2ccccc2)cc1. The molecule has 0 aromatic heterocycles. The molecular weight excluding hydrogens is 216 g/mol. The van der Waals surface area contributed by atoms with Crippen LogP contribution in [0.4, 0.5) is 0 Å². The van der Waals surface area contributed by atoms with Crippen LogP contribution < -0.4 is 0 Å². The minimum absolute atomic E-state index is 0.375. The third kappa shape index (κ3) is 2.66. The van der Waals surface area contributed by atoms with E-state index in [2.05, 4.69) is 36.1 Å². The smallest absolute Gasteiger partial charge is 0.0839 e. The summed E-state index contributed by atoms with van der Waals surface area (Å²) in [6, 6.07) is 18.5. The molecular formula is C15H11Cl. The van der Waals surface area contributed by atoms with Gasteiger partial charge in [0.15, 0.2) is 0 Å². The van der Waals surface area contributed by atoms with E-state index in [0.29, 0.717) is 5.88 Å². The first kappa shape index (κ1) is 10.8. The van der Waals surface area contributed by atoms with Gasteiger partial charge in [0.05, 0.1) is 5.88 Å². The molecule has 2 rings (SSSR count). The highest BCUT2D eigenvalue weighted by atomic mass is 35.5. The molecule has 0 saturated carbocycles. The fraction of sp³-hybridized carbons (Fsp3) is 0.0667. The van der Waals surface area contributed by atoms with Gasteiger partial charge in [0.2, 0.25) is 0 Å². The summed E-state index contributed by atoms with van der Waals surface area (Å²) in [4.78, 5) is 0. The summed E-state index contributed by atoms with van der Waals surface area (Å²) >= 11 is 5.50.